The summed E-state index contributed by atoms with van der Waals surface area (Å²) in [6.45, 7) is 3.92. The molecule has 2 fully saturated rings. The largest absolute Gasteiger partial charge is 0.379 e. The van der Waals surface area contributed by atoms with E-state index in [0.29, 0.717) is 26.2 Å². The molecule has 0 atom stereocenters. The van der Waals surface area contributed by atoms with Gasteiger partial charge in [0, 0.05) is 46.5 Å². The minimum absolute atomic E-state index is 0.0576. The van der Waals surface area contributed by atoms with Crippen LogP contribution >= 0.6 is 0 Å². The SMILES string of the molecule is CN=C(NCCOCC1CC1)N1CCN(c2cnn(C)c2)C(=O)C1. The van der Waals surface area contributed by atoms with Crippen molar-refractivity contribution in [3.8, 4) is 0 Å². The molecule has 1 aliphatic carbocycles. The summed E-state index contributed by atoms with van der Waals surface area (Å²) in [4.78, 5) is 20.5. The van der Waals surface area contributed by atoms with Crippen LogP contribution in [0, 0.1) is 5.92 Å². The average molecular weight is 334 g/mol. The van der Waals surface area contributed by atoms with Gasteiger partial charge in [0.15, 0.2) is 5.96 Å². The van der Waals surface area contributed by atoms with Crippen molar-refractivity contribution in [3.05, 3.63) is 12.4 Å². The second kappa shape index (κ2) is 7.65. The number of anilines is 1. The first kappa shape index (κ1) is 16.8. The number of piperazine rings is 1. The number of hydrogen-bond donors (Lipinski definition) is 1. The van der Waals surface area contributed by atoms with Crippen LogP contribution in [0.2, 0.25) is 0 Å². The Morgan fingerprint density at radius 1 is 1.46 bits per heavy atom. The molecule has 2 aliphatic rings. The average Bonchev–Trinajstić information content (AvgIpc) is 3.30. The molecule has 8 heteroatoms. The van der Waals surface area contributed by atoms with Crippen molar-refractivity contribution in [2.24, 2.45) is 18.0 Å². The van der Waals surface area contributed by atoms with Gasteiger partial charge in [-0.15, -0.1) is 0 Å². The summed E-state index contributed by atoms with van der Waals surface area (Å²) in [5, 5.41) is 7.41. The Kier molecular flexibility index (Phi) is 5.34. The summed E-state index contributed by atoms with van der Waals surface area (Å²) < 4.78 is 7.32. The van der Waals surface area contributed by atoms with Gasteiger partial charge in [0.1, 0.15) is 6.54 Å². The van der Waals surface area contributed by atoms with Crippen molar-refractivity contribution in [2.45, 2.75) is 12.8 Å². The van der Waals surface area contributed by atoms with Crippen LogP contribution in [0.3, 0.4) is 0 Å². The third-order valence-corrected chi connectivity index (χ3v) is 4.31. The van der Waals surface area contributed by atoms with E-state index in [0.717, 1.165) is 30.7 Å². The van der Waals surface area contributed by atoms with Gasteiger partial charge in [0.05, 0.1) is 18.5 Å². The summed E-state index contributed by atoms with van der Waals surface area (Å²) in [5.74, 6) is 1.59. The number of aliphatic imine (C=N–C) groups is 1. The number of aryl methyl sites for hydroxylation is 1. The first-order chi connectivity index (χ1) is 11.7. The number of nitrogens with zero attached hydrogens (tertiary/aromatic N) is 5. The minimum Gasteiger partial charge on any atom is -0.379 e. The number of nitrogens with one attached hydrogen (secondary N) is 1. The molecule has 24 heavy (non-hydrogen) atoms. The maximum atomic E-state index is 12.4. The Bertz CT molecular complexity index is 595. The Hall–Kier alpha value is -2.09. The molecule has 1 aromatic heterocycles. The van der Waals surface area contributed by atoms with Crippen molar-refractivity contribution in [1.82, 2.24) is 20.0 Å². The molecule has 1 N–H and O–H groups in total. The van der Waals surface area contributed by atoms with Crippen LogP contribution in [0.1, 0.15) is 12.8 Å². The number of guanidine groups is 1. The van der Waals surface area contributed by atoms with E-state index in [1.807, 2.05) is 18.1 Å². The second-order valence-electron chi connectivity index (χ2n) is 6.33. The van der Waals surface area contributed by atoms with E-state index in [-0.39, 0.29) is 5.91 Å². The Balaban J connectivity index is 1.45. The molecule has 8 nitrogen and oxygen atoms in total. The van der Waals surface area contributed by atoms with Crippen LogP contribution in [0.15, 0.2) is 17.4 Å². The summed E-state index contributed by atoms with van der Waals surface area (Å²) in [5.41, 5.74) is 0.846. The van der Waals surface area contributed by atoms with E-state index >= 15 is 0 Å². The lowest BCUT2D eigenvalue weighted by Crippen LogP contribution is -2.55. The van der Waals surface area contributed by atoms with Gasteiger partial charge in [-0.05, 0) is 18.8 Å². The Labute approximate surface area is 142 Å². The predicted molar refractivity (Wildman–Crippen MR) is 92.0 cm³/mol. The van der Waals surface area contributed by atoms with Gasteiger partial charge in [-0.3, -0.25) is 14.5 Å². The molecule has 0 spiro atoms. The lowest BCUT2D eigenvalue weighted by atomic mass is 10.3. The maximum Gasteiger partial charge on any atom is 0.246 e. The number of amides is 1. The fourth-order valence-corrected chi connectivity index (χ4v) is 2.78. The molecule has 1 saturated heterocycles. The van der Waals surface area contributed by atoms with E-state index < -0.39 is 0 Å². The van der Waals surface area contributed by atoms with Gasteiger partial charge < -0.3 is 19.9 Å². The third-order valence-electron chi connectivity index (χ3n) is 4.31. The molecule has 132 valence electrons. The quantitative estimate of drug-likeness (QED) is 0.453. The standard InChI is InChI=1S/C16H26N6O2/c1-17-16(18-5-8-24-12-13-3-4-13)21-6-7-22(15(23)11-21)14-9-19-20(2)10-14/h9-10,13H,3-8,11-12H2,1-2H3,(H,17,18). The van der Waals surface area contributed by atoms with Crippen LogP contribution in [0.4, 0.5) is 5.69 Å². The van der Waals surface area contributed by atoms with Crippen LogP contribution in [-0.4, -0.2) is 73.0 Å². The molecule has 0 bridgehead atoms. The minimum atomic E-state index is 0.0576. The number of carbonyl (C=O) groups is 1. The molecule has 0 aromatic carbocycles. The highest BCUT2D eigenvalue weighted by molar-refractivity contribution is 5.98. The Morgan fingerprint density at radius 2 is 2.29 bits per heavy atom. The van der Waals surface area contributed by atoms with Crippen molar-refractivity contribution in [2.75, 3.05) is 51.3 Å². The van der Waals surface area contributed by atoms with E-state index in [2.05, 4.69) is 15.4 Å². The molecule has 0 radical (unpaired) electrons. The highest BCUT2D eigenvalue weighted by Crippen LogP contribution is 2.28. The van der Waals surface area contributed by atoms with Crippen LogP contribution < -0.4 is 10.2 Å². The van der Waals surface area contributed by atoms with Gasteiger partial charge in [-0.2, -0.15) is 5.10 Å². The van der Waals surface area contributed by atoms with Crippen molar-refractivity contribution >= 4 is 17.6 Å². The lowest BCUT2D eigenvalue weighted by molar-refractivity contribution is -0.120. The number of ether oxygens (including phenoxy) is 1. The summed E-state index contributed by atoms with van der Waals surface area (Å²) >= 11 is 0. The highest BCUT2D eigenvalue weighted by atomic mass is 16.5. The summed E-state index contributed by atoms with van der Waals surface area (Å²) in [7, 11) is 3.59. The monoisotopic (exact) mass is 334 g/mol. The molecule has 1 aliphatic heterocycles. The zero-order valence-corrected chi connectivity index (χ0v) is 14.4. The molecular weight excluding hydrogens is 308 g/mol. The molecule has 1 saturated carbocycles. The molecule has 1 amide bonds. The van der Waals surface area contributed by atoms with Crippen LogP contribution in [0.5, 0.6) is 0 Å². The summed E-state index contributed by atoms with van der Waals surface area (Å²) in [6.07, 6.45) is 6.19. The second-order valence-corrected chi connectivity index (χ2v) is 6.33. The zero-order chi connectivity index (χ0) is 16.9. The van der Waals surface area contributed by atoms with E-state index in [1.165, 1.54) is 12.8 Å². The molecule has 2 heterocycles. The van der Waals surface area contributed by atoms with Crippen molar-refractivity contribution in [1.29, 1.82) is 0 Å². The van der Waals surface area contributed by atoms with Gasteiger partial charge >= 0.3 is 0 Å². The van der Waals surface area contributed by atoms with Gasteiger partial charge in [-0.25, -0.2) is 0 Å². The van der Waals surface area contributed by atoms with Gasteiger partial charge in [0.2, 0.25) is 5.91 Å². The molecule has 1 aromatic rings. The highest BCUT2D eigenvalue weighted by Gasteiger charge is 2.27. The van der Waals surface area contributed by atoms with Gasteiger partial charge in [-0.1, -0.05) is 0 Å². The lowest BCUT2D eigenvalue weighted by Gasteiger charge is -2.35. The molecule has 3 rings (SSSR count). The predicted octanol–water partition coefficient (Wildman–Crippen LogP) is 0.0707. The number of carbonyl (C=O) groups excluding carboxylic acids is 1. The number of aromatic nitrogens is 2. The smallest absolute Gasteiger partial charge is 0.246 e. The van der Waals surface area contributed by atoms with E-state index in [9.17, 15) is 4.79 Å². The molecule has 0 unspecified atom stereocenters. The van der Waals surface area contributed by atoms with Crippen molar-refractivity contribution in [3.63, 3.8) is 0 Å². The van der Waals surface area contributed by atoms with Crippen molar-refractivity contribution < 1.29 is 9.53 Å². The van der Waals surface area contributed by atoms with Crippen LogP contribution in [0.25, 0.3) is 0 Å². The van der Waals surface area contributed by atoms with E-state index in [4.69, 9.17) is 4.74 Å². The fraction of sp³-hybridized carbons (Fsp3) is 0.688. The number of hydrogen-bond acceptors (Lipinski definition) is 4. The normalized spacial score (nSPS) is 19.1. The Morgan fingerprint density at radius 3 is 2.92 bits per heavy atom. The summed E-state index contributed by atoms with van der Waals surface area (Å²) in [6, 6.07) is 0. The van der Waals surface area contributed by atoms with Gasteiger partial charge in [0.25, 0.3) is 0 Å². The zero-order valence-electron chi connectivity index (χ0n) is 14.4. The van der Waals surface area contributed by atoms with Crippen LogP contribution in [-0.2, 0) is 16.6 Å². The fourth-order valence-electron chi connectivity index (χ4n) is 2.78. The van der Waals surface area contributed by atoms with E-state index in [1.54, 1.807) is 22.8 Å². The third kappa shape index (κ3) is 4.25. The first-order valence-electron chi connectivity index (χ1n) is 8.49. The molecular formula is C16H26N6O2. The topological polar surface area (TPSA) is 75.0 Å². The number of rotatable bonds is 6. The maximum absolute atomic E-state index is 12.4. The first-order valence-corrected chi connectivity index (χ1v) is 8.49.